The van der Waals surface area contributed by atoms with Crippen LogP contribution in [0.2, 0.25) is 5.02 Å². The molecule has 1 aromatic carbocycles. The predicted octanol–water partition coefficient (Wildman–Crippen LogP) is 4.86. The number of aryl methyl sites for hydroxylation is 1. The summed E-state index contributed by atoms with van der Waals surface area (Å²) in [6.07, 6.45) is 1.64. The lowest BCUT2D eigenvalue weighted by Crippen LogP contribution is -2.17. The van der Waals surface area contributed by atoms with E-state index in [2.05, 4.69) is 15.4 Å². The quantitative estimate of drug-likeness (QED) is 0.521. The molecule has 0 spiro atoms. The molecule has 0 radical (unpaired) electrons. The van der Waals surface area contributed by atoms with E-state index in [4.69, 9.17) is 16.0 Å². The highest BCUT2D eigenvalue weighted by molar-refractivity contribution is 7.13. The van der Waals surface area contributed by atoms with E-state index in [1.165, 1.54) is 11.3 Å². The second-order valence-electron chi connectivity index (χ2n) is 5.86. The Labute approximate surface area is 164 Å². The number of benzene rings is 1. The average Bonchev–Trinajstić information content (AvgIpc) is 3.38. The Balaban J connectivity index is 1.52. The van der Waals surface area contributed by atoms with Crippen molar-refractivity contribution in [3.63, 3.8) is 0 Å². The number of nitrogens with one attached hydrogen (secondary N) is 1. The lowest BCUT2D eigenvalue weighted by Gasteiger charge is -2.08. The molecule has 0 fully saturated rings. The molecule has 3 heterocycles. The van der Waals surface area contributed by atoms with Crippen molar-refractivity contribution < 1.29 is 9.21 Å². The van der Waals surface area contributed by atoms with Crippen molar-refractivity contribution in [2.45, 2.75) is 13.5 Å². The van der Waals surface area contributed by atoms with Gasteiger partial charge in [0.25, 0.3) is 5.91 Å². The summed E-state index contributed by atoms with van der Waals surface area (Å²) in [6, 6.07) is 13.0. The van der Waals surface area contributed by atoms with Gasteiger partial charge in [0.2, 0.25) is 5.89 Å². The number of carbonyl (C=O) groups excluding carboxylic acids is 1. The Bertz CT molecular complexity index is 1070. The zero-order chi connectivity index (χ0) is 18.8. The van der Waals surface area contributed by atoms with Crippen LogP contribution in [0.3, 0.4) is 0 Å². The highest BCUT2D eigenvalue weighted by Crippen LogP contribution is 2.26. The van der Waals surface area contributed by atoms with Gasteiger partial charge in [0.15, 0.2) is 5.69 Å². The Morgan fingerprint density at radius 2 is 2.07 bits per heavy atom. The number of aromatic nitrogens is 3. The van der Waals surface area contributed by atoms with Crippen LogP contribution in [0.25, 0.3) is 10.8 Å². The molecule has 1 amide bonds. The molecule has 6 nitrogen and oxygen atoms in total. The van der Waals surface area contributed by atoms with Crippen LogP contribution in [0, 0.1) is 6.92 Å². The first-order valence-electron chi connectivity index (χ1n) is 8.19. The molecule has 136 valence electrons. The summed E-state index contributed by atoms with van der Waals surface area (Å²) in [7, 11) is 0. The Kier molecular flexibility index (Phi) is 4.79. The molecule has 3 aromatic heterocycles. The largest absolute Gasteiger partial charge is 0.440 e. The zero-order valence-corrected chi connectivity index (χ0v) is 15.9. The van der Waals surface area contributed by atoms with Crippen molar-refractivity contribution in [3.05, 3.63) is 76.1 Å². The summed E-state index contributed by atoms with van der Waals surface area (Å²) in [4.78, 5) is 17.9. The summed E-state index contributed by atoms with van der Waals surface area (Å²) in [5, 5.41) is 9.74. The molecule has 0 aliphatic carbocycles. The predicted molar refractivity (Wildman–Crippen MR) is 105 cm³/mol. The topological polar surface area (TPSA) is 73.0 Å². The smallest absolute Gasteiger partial charge is 0.279 e. The second kappa shape index (κ2) is 7.38. The third-order valence-corrected chi connectivity index (χ3v) is 5.06. The van der Waals surface area contributed by atoms with Crippen LogP contribution >= 0.6 is 22.9 Å². The van der Waals surface area contributed by atoms with Crippen molar-refractivity contribution in [1.82, 2.24) is 14.8 Å². The van der Waals surface area contributed by atoms with Crippen LogP contribution < -0.4 is 5.32 Å². The van der Waals surface area contributed by atoms with Gasteiger partial charge in [0, 0.05) is 11.1 Å². The summed E-state index contributed by atoms with van der Waals surface area (Å²) >= 11 is 7.43. The van der Waals surface area contributed by atoms with E-state index in [0.29, 0.717) is 29.0 Å². The van der Waals surface area contributed by atoms with Gasteiger partial charge in [-0.2, -0.15) is 5.10 Å². The van der Waals surface area contributed by atoms with Crippen LogP contribution in [0.1, 0.15) is 21.8 Å². The fraction of sp³-hybridized carbons (Fsp3) is 0.105. The number of amides is 1. The zero-order valence-electron chi connectivity index (χ0n) is 14.3. The summed E-state index contributed by atoms with van der Waals surface area (Å²) in [5.41, 5.74) is 1.29. The van der Waals surface area contributed by atoms with Gasteiger partial charge in [-0.3, -0.25) is 4.79 Å². The molecule has 0 unspecified atom stereocenters. The van der Waals surface area contributed by atoms with Gasteiger partial charge >= 0.3 is 0 Å². The van der Waals surface area contributed by atoms with E-state index < -0.39 is 0 Å². The van der Waals surface area contributed by atoms with Gasteiger partial charge in [-0.25, -0.2) is 9.67 Å². The minimum atomic E-state index is -0.336. The molecule has 0 aliphatic heterocycles. The molecule has 0 saturated heterocycles. The van der Waals surface area contributed by atoms with Gasteiger partial charge in [-0.15, -0.1) is 11.3 Å². The number of thiophene rings is 1. The molecular weight excluding hydrogens is 384 g/mol. The third-order valence-electron chi connectivity index (χ3n) is 3.95. The standard InChI is InChI=1S/C19H15ClN4O2S/c1-12-17(23-19(26-12)15-3-2-10-27-15)18(25)22-16-8-9-21-24(16)11-13-4-6-14(20)7-5-13/h2-10H,11H2,1H3,(H,22,25). The SMILES string of the molecule is Cc1oc(-c2cccs2)nc1C(=O)Nc1ccnn1Cc1ccc(Cl)cc1. The maximum Gasteiger partial charge on any atom is 0.279 e. The molecule has 4 rings (SSSR count). The lowest BCUT2D eigenvalue weighted by molar-refractivity contribution is 0.102. The minimum Gasteiger partial charge on any atom is -0.440 e. The number of carbonyl (C=O) groups is 1. The van der Waals surface area contributed by atoms with Crippen molar-refractivity contribution in [2.24, 2.45) is 0 Å². The maximum atomic E-state index is 12.7. The van der Waals surface area contributed by atoms with E-state index >= 15 is 0 Å². The normalized spacial score (nSPS) is 10.9. The van der Waals surface area contributed by atoms with Gasteiger partial charge in [0.05, 0.1) is 17.6 Å². The minimum absolute atomic E-state index is 0.262. The Morgan fingerprint density at radius 3 is 2.81 bits per heavy atom. The molecule has 0 saturated carbocycles. The average molecular weight is 399 g/mol. The van der Waals surface area contributed by atoms with Crippen LogP contribution in [-0.2, 0) is 6.54 Å². The molecule has 0 atom stereocenters. The van der Waals surface area contributed by atoms with Crippen molar-refractivity contribution in [1.29, 1.82) is 0 Å². The van der Waals surface area contributed by atoms with Crippen molar-refractivity contribution >= 4 is 34.7 Å². The van der Waals surface area contributed by atoms with Crippen LogP contribution in [-0.4, -0.2) is 20.7 Å². The number of oxazole rings is 1. The van der Waals surface area contributed by atoms with Crippen LogP contribution in [0.15, 0.2) is 58.5 Å². The van der Waals surface area contributed by atoms with Gasteiger partial charge in [-0.05, 0) is 36.1 Å². The van der Waals surface area contributed by atoms with E-state index in [9.17, 15) is 4.79 Å². The fourth-order valence-electron chi connectivity index (χ4n) is 2.62. The lowest BCUT2D eigenvalue weighted by atomic mass is 10.2. The Hall–Kier alpha value is -2.90. The van der Waals surface area contributed by atoms with E-state index in [1.54, 1.807) is 23.9 Å². The Morgan fingerprint density at radius 1 is 1.26 bits per heavy atom. The van der Waals surface area contributed by atoms with E-state index in [1.807, 2.05) is 41.8 Å². The molecular formula is C19H15ClN4O2S. The van der Waals surface area contributed by atoms with Gasteiger partial charge in [0.1, 0.15) is 11.6 Å². The second-order valence-corrected chi connectivity index (χ2v) is 7.24. The van der Waals surface area contributed by atoms with Crippen LogP contribution in [0.5, 0.6) is 0 Å². The van der Waals surface area contributed by atoms with Gasteiger partial charge < -0.3 is 9.73 Å². The first kappa shape index (κ1) is 17.5. The number of halogens is 1. The molecule has 0 aliphatic rings. The van der Waals surface area contributed by atoms with E-state index in [0.717, 1.165) is 10.4 Å². The number of hydrogen-bond acceptors (Lipinski definition) is 5. The number of nitrogens with zero attached hydrogens (tertiary/aromatic N) is 3. The number of rotatable bonds is 5. The van der Waals surface area contributed by atoms with E-state index in [-0.39, 0.29) is 11.6 Å². The van der Waals surface area contributed by atoms with Gasteiger partial charge in [-0.1, -0.05) is 29.8 Å². The number of hydrogen-bond donors (Lipinski definition) is 1. The fourth-order valence-corrected chi connectivity index (χ4v) is 3.39. The molecule has 1 N–H and O–H groups in total. The number of anilines is 1. The molecule has 4 aromatic rings. The highest BCUT2D eigenvalue weighted by Gasteiger charge is 2.19. The van der Waals surface area contributed by atoms with Crippen molar-refractivity contribution in [3.8, 4) is 10.8 Å². The summed E-state index contributed by atoms with van der Waals surface area (Å²) in [6.45, 7) is 2.24. The summed E-state index contributed by atoms with van der Waals surface area (Å²) in [5.74, 6) is 1.16. The molecule has 0 bridgehead atoms. The van der Waals surface area contributed by atoms with Crippen molar-refractivity contribution in [2.75, 3.05) is 5.32 Å². The monoisotopic (exact) mass is 398 g/mol. The van der Waals surface area contributed by atoms with Crippen LogP contribution in [0.4, 0.5) is 5.82 Å². The highest BCUT2D eigenvalue weighted by atomic mass is 35.5. The molecule has 27 heavy (non-hydrogen) atoms. The maximum absolute atomic E-state index is 12.7. The third kappa shape index (κ3) is 3.79. The summed E-state index contributed by atoms with van der Waals surface area (Å²) < 4.78 is 7.35. The molecule has 8 heteroatoms. The first-order chi connectivity index (χ1) is 13.1. The first-order valence-corrected chi connectivity index (χ1v) is 9.45.